The first kappa shape index (κ1) is 19.7. The quantitative estimate of drug-likeness (QED) is 0.540. The van der Waals surface area contributed by atoms with E-state index in [1.54, 1.807) is 0 Å². The van der Waals surface area contributed by atoms with E-state index in [0.29, 0.717) is 17.3 Å². The number of carbonyl (C=O) groups is 1. The topological polar surface area (TPSA) is 43.1 Å². The van der Waals surface area contributed by atoms with Crippen LogP contribution in [0.2, 0.25) is 0 Å². The Kier molecular flexibility index (Phi) is 6.99. The third-order valence-corrected chi connectivity index (χ3v) is 7.48. The lowest BCUT2D eigenvalue weighted by molar-refractivity contribution is -0.105. The van der Waals surface area contributed by atoms with Crippen molar-refractivity contribution in [1.82, 2.24) is 0 Å². The normalized spacial score (nSPS) is 30.5. The lowest BCUT2D eigenvalue weighted by atomic mass is 9.53. The molecule has 0 aromatic heterocycles. The number of allylic oxidation sites excluding steroid dienone is 2. The van der Waals surface area contributed by atoms with Crippen LogP contribution in [0.4, 0.5) is 0 Å². The molecule has 0 radical (unpaired) electrons. The third-order valence-electron chi connectivity index (χ3n) is 6.87. The maximum absolute atomic E-state index is 11.7. The van der Waals surface area contributed by atoms with Gasteiger partial charge in [-0.2, -0.15) is 11.8 Å². The number of rotatable bonds is 7. The predicted octanol–water partition coefficient (Wildman–Crippen LogP) is 5.02. The Morgan fingerprint density at radius 1 is 1.31 bits per heavy atom. The summed E-state index contributed by atoms with van der Waals surface area (Å²) in [5.74, 6) is 2.28. The van der Waals surface area contributed by atoms with Crippen molar-refractivity contribution < 1.29 is 4.79 Å². The van der Waals surface area contributed by atoms with Gasteiger partial charge in [0.15, 0.2) is 0 Å². The van der Waals surface area contributed by atoms with Crippen LogP contribution in [0.25, 0.3) is 0 Å². The molecular weight excluding hydrogens is 338 g/mol. The highest BCUT2D eigenvalue weighted by Gasteiger charge is 2.47. The molecule has 1 aromatic rings. The molecular formula is C23H33NOS. The van der Waals surface area contributed by atoms with Crippen molar-refractivity contribution in [3.63, 3.8) is 0 Å². The average molecular weight is 372 g/mol. The van der Waals surface area contributed by atoms with Gasteiger partial charge in [-0.05, 0) is 91.9 Å². The molecule has 3 rings (SSSR count). The lowest BCUT2D eigenvalue weighted by Gasteiger charge is -2.52. The van der Waals surface area contributed by atoms with Gasteiger partial charge < -0.3 is 5.73 Å². The van der Waals surface area contributed by atoms with E-state index in [9.17, 15) is 4.79 Å². The summed E-state index contributed by atoms with van der Waals surface area (Å²) < 4.78 is 0. The highest BCUT2D eigenvalue weighted by molar-refractivity contribution is 7.98. The summed E-state index contributed by atoms with van der Waals surface area (Å²) >= 11 is 1.83. The summed E-state index contributed by atoms with van der Waals surface area (Å²) in [5.41, 5.74) is 10.6. The summed E-state index contributed by atoms with van der Waals surface area (Å²) in [4.78, 5) is 11.7. The molecule has 142 valence electrons. The molecule has 0 bridgehead atoms. The number of nitrogens with two attached hydrogens (primary N) is 1. The second-order valence-electron chi connectivity index (χ2n) is 8.21. The van der Waals surface area contributed by atoms with Crippen LogP contribution in [0.15, 0.2) is 41.5 Å². The molecule has 2 nitrogen and oxygen atoms in total. The van der Waals surface area contributed by atoms with Gasteiger partial charge in [-0.15, -0.1) is 0 Å². The number of hydrogen-bond acceptors (Lipinski definition) is 3. The SMILES string of the molecule is CSCC/C(C=O)=C1/CC[C@@]2(Cc3ccccc3)CCC[C@H](CN)[C@@H]2C1. The van der Waals surface area contributed by atoms with Gasteiger partial charge in [0.1, 0.15) is 6.29 Å². The van der Waals surface area contributed by atoms with Gasteiger partial charge in [-0.25, -0.2) is 0 Å². The Bertz CT molecular complexity index is 626. The minimum Gasteiger partial charge on any atom is -0.330 e. The minimum absolute atomic E-state index is 0.376. The monoisotopic (exact) mass is 371 g/mol. The zero-order valence-electron chi connectivity index (χ0n) is 16.1. The molecule has 0 amide bonds. The number of thioether (sulfide) groups is 1. The van der Waals surface area contributed by atoms with Crippen molar-refractivity contribution in [3.8, 4) is 0 Å². The first-order valence-corrected chi connectivity index (χ1v) is 11.5. The van der Waals surface area contributed by atoms with E-state index in [1.165, 1.54) is 43.2 Å². The van der Waals surface area contributed by atoms with Crippen molar-refractivity contribution >= 4 is 18.0 Å². The van der Waals surface area contributed by atoms with E-state index >= 15 is 0 Å². The van der Waals surface area contributed by atoms with E-state index in [4.69, 9.17) is 5.73 Å². The van der Waals surface area contributed by atoms with Gasteiger partial charge in [0.25, 0.3) is 0 Å². The van der Waals surface area contributed by atoms with Crippen molar-refractivity contribution in [1.29, 1.82) is 0 Å². The Morgan fingerprint density at radius 3 is 2.81 bits per heavy atom. The van der Waals surface area contributed by atoms with E-state index in [-0.39, 0.29) is 0 Å². The first-order chi connectivity index (χ1) is 12.7. The fourth-order valence-corrected chi connectivity index (χ4v) is 5.90. The number of fused-ring (bicyclic) bond motifs is 1. The molecule has 1 aromatic carbocycles. The van der Waals surface area contributed by atoms with Gasteiger partial charge in [-0.1, -0.05) is 42.3 Å². The minimum atomic E-state index is 0.376. The Morgan fingerprint density at radius 2 is 2.12 bits per heavy atom. The van der Waals surface area contributed by atoms with Crippen LogP contribution >= 0.6 is 11.8 Å². The largest absolute Gasteiger partial charge is 0.330 e. The summed E-state index contributed by atoms with van der Waals surface area (Å²) in [6.07, 6.45) is 12.6. The van der Waals surface area contributed by atoms with Gasteiger partial charge >= 0.3 is 0 Å². The second-order valence-corrected chi connectivity index (χ2v) is 9.20. The Labute approximate surface area is 163 Å². The summed E-state index contributed by atoms with van der Waals surface area (Å²) in [6, 6.07) is 11.0. The van der Waals surface area contributed by atoms with Crippen LogP contribution in [0.5, 0.6) is 0 Å². The molecule has 0 heterocycles. The molecule has 0 aliphatic heterocycles. The van der Waals surface area contributed by atoms with Crippen LogP contribution in [-0.2, 0) is 11.2 Å². The third kappa shape index (κ3) is 4.26. The molecule has 2 aliphatic carbocycles. The van der Waals surface area contributed by atoms with Crippen molar-refractivity contribution in [2.24, 2.45) is 23.0 Å². The van der Waals surface area contributed by atoms with Crippen LogP contribution in [-0.4, -0.2) is 24.8 Å². The van der Waals surface area contributed by atoms with E-state index < -0.39 is 0 Å². The number of benzene rings is 1. The van der Waals surface area contributed by atoms with Crippen LogP contribution in [0.3, 0.4) is 0 Å². The zero-order chi connectivity index (χ0) is 18.4. The van der Waals surface area contributed by atoms with Crippen molar-refractivity contribution in [2.75, 3.05) is 18.6 Å². The van der Waals surface area contributed by atoms with Crippen LogP contribution < -0.4 is 5.73 Å². The molecule has 0 unspecified atom stereocenters. The second kappa shape index (κ2) is 9.23. The average Bonchev–Trinajstić information content (AvgIpc) is 2.68. The molecule has 2 aliphatic rings. The highest BCUT2D eigenvalue weighted by atomic mass is 32.2. The van der Waals surface area contributed by atoms with E-state index in [2.05, 4.69) is 36.6 Å². The number of hydrogen-bond donors (Lipinski definition) is 1. The molecule has 2 fully saturated rings. The molecule has 0 saturated heterocycles. The molecule has 3 atom stereocenters. The molecule has 26 heavy (non-hydrogen) atoms. The van der Waals surface area contributed by atoms with Crippen LogP contribution in [0.1, 0.15) is 50.5 Å². The molecule has 3 heteroatoms. The summed E-state index contributed by atoms with van der Waals surface area (Å²) in [6.45, 7) is 0.787. The highest BCUT2D eigenvalue weighted by Crippen LogP contribution is 2.56. The van der Waals surface area contributed by atoms with Gasteiger partial charge in [-0.3, -0.25) is 4.79 Å². The summed E-state index contributed by atoms with van der Waals surface area (Å²) in [7, 11) is 0. The van der Waals surface area contributed by atoms with Crippen molar-refractivity contribution in [2.45, 2.75) is 51.4 Å². The molecule has 0 spiro atoms. The standard InChI is InChI=1S/C23H33NOS/c1-26-13-10-21(17-25)19-9-12-23(15-18-6-3-2-4-7-18)11-5-8-20(16-24)22(23)14-19/h2-4,6-7,17,20,22H,5,8-16,24H2,1H3/b21-19+/t20-,22+,23-/m1/s1. The van der Waals surface area contributed by atoms with Gasteiger partial charge in [0.2, 0.25) is 0 Å². The predicted molar refractivity (Wildman–Crippen MR) is 112 cm³/mol. The number of carbonyl (C=O) groups excluding carboxylic acids is 1. The maximum atomic E-state index is 11.7. The fourth-order valence-electron chi connectivity index (χ4n) is 5.48. The van der Waals surface area contributed by atoms with E-state index in [1.807, 2.05) is 11.8 Å². The van der Waals surface area contributed by atoms with Gasteiger partial charge in [0.05, 0.1) is 0 Å². The Balaban J connectivity index is 1.87. The Hall–Kier alpha value is -1.06. The van der Waals surface area contributed by atoms with Crippen LogP contribution in [0, 0.1) is 17.3 Å². The van der Waals surface area contributed by atoms with Crippen molar-refractivity contribution in [3.05, 3.63) is 47.0 Å². The van der Waals surface area contributed by atoms with E-state index in [0.717, 1.165) is 43.4 Å². The first-order valence-electron chi connectivity index (χ1n) is 10.1. The zero-order valence-corrected chi connectivity index (χ0v) is 16.9. The maximum Gasteiger partial charge on any atom is 0.146 e. The molecule has 2 N–H and O–H groups in total. The molecule has 2 saturated carbocycles. The summed E-state index contributed by atoms with van der Waals surface area (Å²) in [5, 5.41) is 0. The number of aldehydes is 1. The fraction of sp³-hybridized carbons (Fsp3) is 0.609. The lowest BCUT2D eigenvalue weighted by Crippen LogP contribution is -2.46. The smallest absolute Gasteiger partial charge is 0.146 e. The van der Waals surface area contributed by atoms with Gasteiger partial charge in [0, 0.05) is 0 Å².